The highest BCUT2D eigenvalue weighted by atomic mass is 16.1. The van der Waals surface area contributed by atoms with Gasteiger partial charge in [0.05, 0.1) is 0 Å². The second-order valence-electron chi connectivity index (χ2n) is 9.44. The maximum absolute atomic E-state index is 12.1. The van der Waals surface area contributed by atoms with Crippen molar-refractivity contribution in [2.75, 3.05) is 13.6 Å². The Labute approximate surface area is 158 Å². The largest absolute Gasteiger partial charge is 0.356 e. The second-order valence-corrected chi connectivity index (χ2v) is 9.44. The second kappa shape index (κ2) is 6.28. The predicted molar refractivity (Wildman–Crippen MR) is 106 cm³/mol. The highest BCUT2D eigenvalue weighted by Crippen LogP contribution is 2.64. The summed E-state index contributed by atoms with van der Waals surface area (Å²) in [6.45, 7) is 7.90. The van der Waals surface area contributed by atoms with Gasteiger partial charge in [0, 0.05) is 31.1 Å². The Kier molecular flexibility index (Phi) is 4.32. The third-order valence-electron chi connectivity index (χ3n) is 8.24. The van der Waals surface area contributed by atoms with Crippen molar-refractivity contribution in [1.29, 1.82) is 0 Å². The summed E-state index contributed by atoms with van der Waals surface area (Å²) < 4.78 is 0. The molecule has 1 aliphatic heterocycles. The van der Waals surface area contributed by atoms with Gasteiger partial charge in [-0.3, -0.25) is 4.79 Å². The summed E-state index contributed by atoms with van der Waals surface area (Å²) in [7, 11) is 2.18. The van der Waals surface area contributed by atoms with Crippen molar-refractivity contribution in [1.82, 2.24) is 10.2 Å². The molecular formula is C23H34N2O. The third-order valence-corrected chi connectivity index (χ3v) is 8.24. The number of nitrogens with one attached hydrogen (secondary N) is 1. The zero-order valence-electron chi connectivity index (χ0n) is 16.8. The van der Waals surface area contributed by atoms with E-state index in [1.54, 1.807) is 5.57 Å². The summed E-state index contributed by atoms with van der Waals surface area (Å²) in [5.41, 5.74) is 3.62. The Hall–Kier alpha value is -1.51. The van der Waals surface area contributed by atoms with Crippen molar-refractivity contribution >= 4 is 5.91 Å². The van der Waals surface area contributed by atoms with Gasteiger partial charge >= 0.3 is 0 Å². The molecule has 26 heavy (non-hydrogen) atoms. The molecule has 3 nitrogen and oxygen atoms in total. The van der Waals surface area contributed by atoms with Crippen LogP contribution in [0.5, 0.6) is 0 Å². The van der Waals surface area contributed by atoms with Gasteiger partial charge in [0.15, 0.2) is 0 Å². The molecule has 2 saturated carbocycles. The monoisotopic (exact) mass is 354 g/mol. The lowest BCUT2D eigenvalue weighted by molar-refractivity contribution is -0.123. The van der Waals surface area contributed by atoms with E-state index in [2.05, 4.69) is 62.5 Å². The zero-order chi connectivity index (χ0) is 18.5. The van der Waals surface area contributed by atoms with Crippen LogP contribution in [0.25, 0.3) is 0 Å². The normalized spacial score (nSPS) is 42.2. The molecule has 4 rings (SSSR count). The van der Waals surface area contributed by atoms with E-state index in [9.17, 15) is 4.79 Å². The summed E-state index contributed by atoms with van der Waals surface area (Å²) in [6, 6.07) is 0. The van der Waals surface area contributed by atoms with E-state index in [0.29, 0.717) is 17.3 Å². The molecule has 0 radical (unpaired) electrons. The lowest BCUT2D eigenvalue weighted by atomic mass is 9.48. The Morgan fingerprint density at radius 1 is 1.19 bits per heavy atom. The van der Waals surface area contributed by atoms with Crippen molar-refractivity contribution in [2.24, 2.45) is 28.6 Å². The Morgan fingerprint density at radius 3 is 2.77 bits per heavy atom. The van der Waals surface area contributed by atoms with Crippen molar-refractivity contribution in [2.45, 2.75) is 59.3 Å². The van der Waals surface area contributed by atoms with Crippen LogP contribution in [0.2, 0.25) is 0 Å². The number of hydrogen-bond donors (Lipinski definition) is 1. The number of carbonyl (C=O) groups excluding carboxylic acids is 1. The molecule has 0 spiro atoms. The number of nitrogens with zero attached hydrogens (tertiary/aromatic N) is 1. The molecule has 0 unspecified atom stereocenters. The van der Waals surface area contributed by atoms with Gasteiger partial charge in [0.1, 0.15) is 0 Å². The molecule has 1 heterocycles. The predicted octanol–water partition coefficient (Wildman–Crippen LogP) is 4.63. The number of rotatable bonds is 2. The molecule has 0 aromatic heterocycles. The van der Waals surface area contributed by atoms with E-state index in [0.717, 1.165) is 25.3 Å². The molecule has 1 saturated heterocycles. The fourth-order valence-corrected chi connectivity index (χ4v) is 6.81. The Balaban J connectivity index is 1.62. The van der Waals surface area contributed by atoms with Gasteiger partial charge in [-0.1, -0.05) is 31.6 Å². The van der Waals surface area contributed by atoms with Crippen LogP contribution < -0.4 is 5.32 Å². The van der Waals surface area contributed by atoms with Crippen LogP contribution >= 0.6 is 0 Å². The molecule has 3 aliphatic carbocycles. The first-order valence-corrected chi connectivity index (χ1v) is 10.5. The van der Waals surface area contributed by atoms with E-state index >= 15 is 0 Å². The van der Waals surface area contributed by atoms with Gasteiger partial charge in [-0.15, -0.1) is 0 Å². The van der Waals surface area contributed by atoms with Crippen LogP contribution in [-0.2, 0) is 4.79 Å². The Morgan fingerprint density at radius 2 is 2.00 bits per heavy atom. The van der Waals surface area contributed by atoms with Gasteiger partial charge in [-0.25, -0.2) is 0 Å². The molecular weight excluding hydrogens is 320 g/mol. The van der Waals surface area contributed by atoms with Gasteiger partial charge in [0.2, 0.25) is 5.91 Å². The summed E-state index contributed by atoms with van der Waals surface area (Å²) >= 11 is 0. The summed E-state index contributed by atoms with van der Waals surface area (Å²) in [6.07, 6.45) is 16.0. The minimum Gasteiger partial charge on any atom is -0.356 e. The summed E-state index contributed by atoms with van der Waals surface area (Å²) in [5, 5.41) is 3.13. The van der Waals surface area contributed by atoms with Gasteiger partial charge in [0.25, 0.3) is 0 Å². The van der Waals surface area contributed by atoms with E-state index in [1.165, 1.54) is 31.4 Å². The lowest BCUT2D eigenvalue weighted by Crippen LogP contribution is -2.49. The standard InChI is InChI=1S/C23H34N2O/c1-5-14-25(4)20-9-8-18-17-7-6-16-15-21(26)24-13-12-22(16,2)19(17)10-11-23(18,20)3/h5,8-9,14,16-17,19H,6-7,10-13,15H2,1-4H3,(H,24,26)/b14-5-/t16-,17-,19-,22-,23-/m0/s1. The first-order valence-electron chi connectivity index (χ1n) is 10.5. The average molecular weight is 355 g/mol. The Bertz CT molecular complexity index is 690. The average Bonchev–Trinajstić information content (AvgIpc) is 2.86. The van der Waals surface area contributed by atoms with Crippen LogP contribution in [0, 0.1) is 28.6 Å². The highest BCUT2D eigenvalue weighted by Gasteiger charge is 2.56. The van der Waals surface area contributed by atoms with E-state index in [4.69, 9.17) is 0 Å². The molecule has 5 atom stereocenters. The van der Waals surface area contributed by atoms with Crippen LogP contribution in [0.1, 0.15) is 59.3 Å². The lowest BCUT2D eigenvalue weighted by Gasteiger charge is -2.57. The van der Waals surface area contributed by atoms with Gasteiger partial charge < -0.3 is 10.2 Å². The minimum absolute atomic E-state index is 0.192. The SMILES string of the molecule is C/C=C\N(C)C1=CC=C2[C@@H]3CC[C@H]4CC(=O)NCC[C@]4(C)[C@H]3CC[C@@]21C. The summed E-state index contributed by atoms with van der Waals surface area (Å²) in [4.78, 5) is 14.4. The van der Waals surface area contributed by atoms with Crippen LogP contribution in [0.4, 0.5) is 0 Å². The number of fused-ring (bicyclic) bond motifs is 5. The molecule has 1 N–H and O–H groups in total. The van der Waals surface area contributed by atoms with Crippen molar-refractivity contribution in [3.63, 3.8) is 0 Å². The smallest absolute Gasteiger partial charge is 0.220 e. The third kappa shape index (κ3) is 2.50. The molecule has 4 aliphatic rings. The van der Waals surface area contributed by atoms with Gasteiger partial charge in [-0.2, -0.15) is 0 Å². The van der Waals surface area contributed by atoms with Crippen LogP contribution in [0.15, 0.2) is 35.7 Å². The number of amides is 1. The number of hydrogen-bond acceptors (Lipinski definition) is 2. The molecule has 0 aromatic rings. The van der Waals surface area contributed by atoms with Gasteiger partial charge in [-0.05, 0) is 74.5 Å². The van der Waals surface area contributed by atoms with E-state index in [-0.39, 0.29) is 11.3 Å². The first-order chi connectivity index (χ1) is 12.4. The van der Waals surface area contributed by atoms with Crippen molar-refractivity contribution in [3.8, 4) is 0 Å². The minimum atomic E-state index is 0.192. The van der Waals surface area contributed by atoms with Crippen LogP contribution in [-0.4, -0.2) is 24.4 Å². The fourth-order valence-electron chi connectivity index (χ4n) is 6.81. The van der Waals surface area contributed by atoms with E-state index < -0.39 is 0 Å². The van der Waals surface area contributed by atoms with Crippen molar-refractivity contribution in [3.05, 3.63) is 35.7 Å². The highest BCUT2D eigenvalue weighted by molar-refractivity contribution is 5.76. The quantitative estimate of drug-likeness (QED) is 0.784. The first kappa shape index (κ1) is 17.9. The molecule has 3 fully saturated rings. The molecule has 1 amide bonds. The van der Waals surface area contributed by atoms with Crippen LogP contribution in [0.3, 0.4) is 0 Å². The molecule has 3 heteroatoms. The topological polar surface area (TPSA) is 32.3 Å². The fraction of sp³-hybridized carbons (Fsp3) is 0.696. The molecule has 0 aromatic carbocycles. The molecule has 0 bridgehead atoms. The maximum atomic E-state index is 12.1. The summed E-state index contributed by atoms with van der Waals surface area (Å²) in [5.74, 6) is 2.26. The molecule has 142 valence electrons. The maximum Gasteiger partial charge on any atom is 0.220 e. The van der Waals surface area contributed by atoms with E-state index in [1.807, 2.05) is 0 Å². The number of carbonyl (C=O) groups is 1. The number of allylic oxidation sites excluding steroid dienone is 4. The van der Waals surface area contributed by atoms with Crippen molar-refractivity contribution < 1.29 is 4.79 Å². The zero-order valence-corrected chi connectivity index (χ0v) is 16.8.